The molecule has 0 aliphatic heterocycles. The molecule has 3 N–H and O–H groups in total. The molecule has 0 saturated heterocycles. The van der Waals surface area contributed by atoms with Crippen LogP contribution in [0.25, 0.3) is 0 Å². The molecule has 1 fully saturated rings. The molecule has 174 valence electrons. The minimum atomic E-state index is -0.776. The zero-order chi connectivity index (χ0) is 22.8. The molecule has 0 unspecified atom stereocenters. The van der Waals surface area contributed by atoms with Gasteiger partial charge in [-0.15, -0.1) is 0 Å². The fraction of sp³-hybridized carbons (Fsp3) is 0.800. The van der Waals surface area contributed by atoms with Crippen molar-refractivity contribution in [1.29, 1.82) is 0 Å². The maximum atomic E-state index is 10.6. The number of aliphatic carboxylic acids is 1. The molecule has 30 heavy (non-hydrogen) atoms. The van der Waals surface area contributed by atoms with Crippen molar-refractivity contribution in [3.63, 3.8) is 0 Å². The van der Waals surface area contributed by atoms with Crippen molar-refractivity contribution < 1.29 is 24.9 Å². The number of ether oxygens (including phenoxy) is 1. The Labute approximate surface area is 183 Å². The maximum absolute atomic E-state index is 10.6. The lowest BCUT2D eigenvalue weighted by molar-refractivity contribution is -0.137. The van der Waals surface area contributed by atoms with E-state index in [1.165, 1.54) is 0 Å². The molecule has 0 aromatic heterocycles. The first-order chi connectivity index (χ1) is 14.0. The highest BCUT2D eigenvalue weighted by Crippen LogP contribution is 2.37. The highest BCUT2D eigenvalue weighted by atomic mass is 16.5. The number of carbonyl (C=O) groups is 1. The molecule has 0 amide bonds. The third-order valence-electron chi connectivity index (χ3n) is 5.74. The number of rotatable bonds is 13. The number of carboxylic acids is 1. The molecule has 0 heterocycles. The zero-order valence-corrected chi connectivity index (χ0v) is 19.6. The molecule has 0 bridgehead atoms. The van der Waals surface area contributed by atoms with Crippen LogP contribution < -0.4 is 0 Å². The van der Waals surface area contributed by atoms with E-state index in [1.54, 1.807) is 0 Å². The van der Waals surface area contributed by atoms with Crippen molar-refractivity contribution in [2.45, 2.75) is 116 Å². The van der Waals surface area contributed by atoms with Gasteiger partial charge >= 0.3 is 5.97 Å². The van der Waals surface area contributed by atoms with E-state index in [-0.39, 0.29) is 23.9 Å². The van der Waals surface area contributed by atoms with Gasteiger partial charge in [0.2, 0.25) is 0 Å². The van der Waals surface area contributed by atoms with Gasteiger partial charge in [-0.05, 0) is 59.3 Å². The van der Waals surface area contributed by atoms with E-state index >= 15 is 0 Å². The molecule has 1 aliphatic carbocycles. The molecule has 1 saturated carbocycles. The van der Waals surface area contributed by atoms with Crippen LogP contribution in [0, 0.1) is 11.8 Å². The minimum absolute atomic E-state index is 0.0403. The van der Waals surface area contributed by atoms with E-state index < -0.39 is 23.8 Å². The summed E-state index contributed by atoms with van der Waals surface area (Å²) in [6.07, 6.45) is 14.0. The van der Waals surface area contributed by atoms with Gasteiger partial charge in [0.15, 0.2) is 0 Å². The van der Waals surface area contributed by atoms with Gasteiger partial charge in [0.05, 0.1) is 23.4 Å². The van der Waals surface area contributed by atoms with Gasteiger partial charge in [-0.1, -0.05) is 50.5 Å². The van der Waals surface area contributed by atoms with Gasteiger partial charge in [0, 0.05) is 18.8 Å². The van der Waals surface area contributed by atoms with E-state index in [2.05, 4.69) is 46.8 Å². The van der Waals surface area contributed by atoms with Crippen LogP contribution >= 0.6 is 0 Å². The second-order valence-electron chi connectivity index (χ2n) is 9.95. The van der Waals surface area contributed by atoms with Crippen molar-refractivity contribution >= 4 is 5.97 Å². The van der Waals surface area contributed by atoms with Crippen molar-refractivity contribution in [1.82, 2.24) is 0 Å². The van der Waals surface area contributed by atoms with E-state index in [0.717, 1.165) is 25.7 Å². The summed E-state index contributed by atoms with van der Waals surface area (Å²) in [5.41, 5.74) is -0.672. The Morgan fingerprint density at radius 3 is 2.37 bits per heavy atom. The summed E-state index contributed by atoms with van der Waals surface area (Å²) < 4.78 is 6.38. The number of hydrogen-bond acceptors (Lipinski definition) is 4. The number of unbranched alkanes of at least 4 members (excludes halogenated alkanes) is 3. The lowest BCUT2D eigenvalue weighted by Gasteiger charge is -2.35. The first kappa shape index (κ1) is 26.9. The standard InChI is InChI=1S/C25H44O5/c1-6-7-12-16-25(5,30-24(2,3)4)17-15-20-19(21(26)18-22(20)27)13-10-8-9-11-14-23(28)29/h8,10,15,17,19-22,26-27H,6-7,9,11-14,16,18H2,1-5H3,(H,28,29)/b10-8-,17-15+/t19-,20-,21+,22-,25+/m1/s1. The van der Waals surface area contributed by atoms with Gasteiger partial charge < -0.3 is 20.1 Å². The Hall–Kier alpha value is -1.17. The SMILES string of the molecule is CCCCC[C@@](C)(/C=C/[C@@H]1[C@@H](C/C=C\CCCC(=O)O)[C@@H](O)C[C@H]1O)OC(C)(C)C. The van der Waals surface area contributed by atoms with Crippen molar-refractivity contribution in [3.05, 3.63) is 24.3 Å². The Bertz CT molecular complexity index is 562. The number of allylic oxidation sites excluding steroid dienone is 2. The summed E-state index contributed by atoms with van der Waals surface area (Å²) >= 11 is 0. The molecule has 0 radical (unpaired) electrons. The third kappa shape index (κ3) is 10.2. The number of aliphatic hydroxyl groups excluding tert-OH is 2. The Kier molecular flexibility index (Phi) is 11.3. The molecule has 1 rings (SSSR count). The first-order valence-electron chi connectivity index (χ1n) is 11.6. The average molecular weight is 425 g/mol. The Balaban J connectivity index is 2.80. The van der Waals surface area contributed by atoms with Gasteiger partial charge in [0.1, 0.15) is 0 Å². The topological polar surface area (TPSA) is 87.0 Å². The molecular weight excluding hydrogens is 380 g/mol. The van der Waals surface area contributed by atoms with E-state index in [0.29, 0.717) is 25.7 Å². The predicted molar refractivity (Wildman–Crippen MR) is 121 cm³/mol. The molecule has 0 aromatic carbocycles. The molecule has 0 spiro atoms. The summed E-state index contributed by atoms with van der Waals surface area (Å²) in [6.45, 7) is 10.5. The summed E-state index contributed by atoms with van der Waals surface area (Å²) in [7, 11) is 0. The van der Waals surface area contributed by atoms with Gasteiger partial charge in [0.25, 0.3) is 0 Å². The van der Waals surface area contributed by atoms with Crippen molar-refractivity contribution in [2.24, 2.45) is 11.8 Å². The average Bonchev–Trinajstić information content (AvgIpc) is 2.87. The van der Waals surface area contributed by atoms with Crippen LogP contribution in [-0.4, -0.2) is 44.7 Å². The minimum Gasteiger partial charge on any atom is -0.481 e. The van der Waals surface area contributed by atoms with E-state index in [9.17, 15) is 15.0 Å². The van der Waals surface area contributed by atoms with Crippen LogP contribution in [0.4, 0.5) is 0 Å². The summed E-state index contributed by atoms with van der Waals surface area (Å²) in [5.74, 6) is -0.929. The second kappa shape index (κ2) is 12.6. The molecule has 5 atom stereocenters. The first-order valence-corrected chi connectivity index (χ1v) is 11.6. The summed E-state index contributed by atoms with van der Waals surface area (Å²) in [6, 6.07) is 0. The van der Waals surface area contributed by atoms with Crippen LogP contribution in [0.15, 0.2) is 24.3 Å². The number of carboxylic acid groups (broad SMARTS) is 1. The smallest absolute Gasteiger partial charge is 0.303 e. The highest BCUT2D eigenvalue weighted by Gasteiger charge is 2.40. The van der Waals surface area contributed by atoms with Gasteiger partial charge in [-0.3, -0.25) is 4.79 Å². The van der Waals surface area contributed by atoms with Crippen LogP contribution in [0.3, 0.4) is 0 Å². The Morgan fingerprint density at radius 2 is 1.77 bits per heavy atom. The van der Waals surface area contributed by atoms with Gasteiger partial charge in [-0.2, -0.15) is 0 Å². The second-order valence-corrected chi connectivity index (χ2v) is 9.95. The number of hydrogen-bond donors (Lipinski definition) is 3. The quantitative estimate of drug-likeness (QED) is 0.277. The van der Waals surface area contributed by atoms with Crippen LogP contribution in [-0.2, 0) is 9.53 Å². The van der Waals surface area contributed by atoms with Crippen LogP contribution in [0.5, 0.6) is 0 Å². The number of aliphatic hydroxyl groups is 2. The highest BCUT2D eigenvalue weighted by molar-refractivity contribution is 5.66. The summed E-state index contributed by atoms with van der Waals surface area (Å²) in [4.78, 5) is 10.6. The zero-order valence-electron chi connectivity index (χ0n) is 19.6. The van der Waals surface area contributed by atoms with E-state index in [4.69, 9.17) is 9.84 Å². The van der Waals surface area contributed by atoms with Crippen molar-refractivity contribution in [2.75, 3.05) is 0 Å². The summed E-state index contributed by atoms with van der Waals surface area (Å²) in [5, 5.41) is 29.7. The monoisotopic (exact) mass is 424 g/mol. The molecule has 5 nitrogen and oxygen atoms in total. The lowest BCUT2D eigenvalue weighted by Crippen LogP contribution is -2.36. The molecular formula is C25H44O5. The predicted octanol–water partition coefficient (Wildman–Crippen LogP) is 5.26. The molecule has 1 aliphatic rings. The maximum Gasteiger partial charge on any atom is 0.303 e. The van der Waals surface area contributed by atoms with Gasteiger partial charge in [-0.25, -0.2) is 0 Å². The van der Waals surface area contributed by atoms with Crippen LogP contribution in [0.2, 0.25) is 0 Å². The largest absolute Gasteiger partial charge is 0.481 e. The third-order valence-corrected chi connectivity index (χ3v) is 5.74. The molecule has 5 heteroatoms. The Morgan fingerprint density at radius 1 is 1.07 bits per heavy atom. The normalized spacial score (nSPS) is 27.2. The van der Waals surface area contributed by atoms with Crippen molar-refractivity contribution in [3.8, 4) is 0 Å². The van der Waals surface area contributed by atoms with Crippen LogP contribution in [0.1, 0.15) is 92.4 Å². The fourth-order valence-corrected chi connectivity index (χ4v) is 4.36. The lowest BCUT2D eigenvalue weighted by atomic mass is 9.87. The van der Waals surface area contributed by atoms with E-state index in [1.807, 2.05) is 12.2 Å². The molecule has 0 aromatic rings. The fourth-order valence-electron chi connectivity index (χ4n) is 4.36.